The smallest absolute Gasteiger partial charge is 0.149 e. The fraction of sp³-hybridized carbons (Fsp3) is 0.389. The van der Waals surface area contributed by atoms with Crippen molar-refractivity contribution in [3.8, 4) is 5.69 Å². The predicted molar refractivity (Wildman–Crippen MR) is 93.9 cm³/mol. The second kappa shape index (κ2) is 7.57. The molecule has 3 rings (SSSR count). The molecule has 0 unspecified atom stereocenters. The minimum atomic E-state index is -0.305. The Bertz CT molecular complexity index is 824. The first-order valence-electron chi connectivity index (χ1n) is 8.38. The third-order valence-corrected chi connectivity index (χ3v) is 4.09. The van der Waals surface area contributed by atoms with Gasteiger partial charge in [-0.05, 0) is 50.1 Å². The number of nitrogens with zero attached hydrogens (tertiary/aromatic N) is 5. The highest BCUT2D eigenvalue weighted by Gasteiger charge is 2.09. The maximum atomic E-state index is 14.2. The number of halogens is 1. The largest absolute Gasteiger partial charge is 0.312 e. The molecular formula is C18H23FN6. The van der Waals surface area contributed by atoms with Crippen LogP contribution in [-0.2, 0) is 13.1 Å². The molecule has 0 saturated carbocycles. The van der Waals surface area contributed by atoms with E-state index in [1.54, 1.807) is 6.07 Å². The van der Waals surface area contributed by atoms with Gasteiger partial charge < -0.3 is 5.32 Å². The molecule has 1 aromatic carbocycles. The number of rotatable bonds is 7. The number of aryl methyl sites for hydroxylation is 2. The van der Waals surface area contributed by atoms with Gasteiger partial charge in [-0.2, -0.15) is 10.2 Å². The summed E-state index contributed by atoms with van der Waals surface area (Å²) in [6.45, 7) is 8.58. The molecule has 0 spiro atoms. The normalized spacial score (nSPS) is 12.5. The summed E-state index contributed by atoms with van der Waals surface area (Å²) in [6, 6.07) is 7.24. The van der Waals surface area contributed by atoms with Crippen LogP contribution in [0.2, 0.25) is 0 Å². The quantitative estimate of drug-likeness (QED) is 0.717. The zero-order chi connectivity index (χ0) is 17.8. The first-order chi connectivity index (χ1) is 12.0. The zero-order valence-electron chi connectivity index (χ0n) is 14.8. The van der Waals surface area contributed by atoms with E-state index < -0.39 is 0 Å². The van der Waals surface area contributed by atoms with E-state index in [0.717, 1.165) is 24.3 Å². The molecule has 0 amide bonds. The van der Waals surface area contributed by atoms with Gasteiger partial charge in [-0.1, -0.05) is 13.0 Å². The predicted octanol–water partition coefficient (Wildman–Crippen LogP) is 2.65. The maximum absolute atomic E-state index is 14.2. The molecule has 0 aliphatic rings. The van der Waals surface area contributed by atoms with Crippen molar-refractivity contribution in [2.45, 2.75) is 33.9 Å². The fourth-order valence-corrected chi connectivity index (χ4v) is 2.86. The topological polar surface area (TPSA) is 60.6 Å². The fourth-order valence-electron chi connectivity index (χ4n) is 2.86. The monoisotopic (exact) mass is 342 g/mol. The van der Waals surface area contributed by atoms with Crippen molar-refractivity contribution < 1.29 is 4.39 Å². The van der Waals surface area contributed by atoms with Gasteiger partial charge >= 0.3 is 0 Å². The van der Waals surface area contributed by atoms with Crippen LogP contribution >= 0.6 is 0 Å². The van der Waals surface area contributed by atoms with E-state index >= 15 is 0 Å². The van der Waals surface area contributed by atoms with Crippen molar-refractivity contribution in [2.75, 3.05) is 6.54 Å². The first-order valence-corrected chi connectivity index (χ1v) is 8.38. The highest BCUT2D eigenvalue weighted by atomic mass is 19.1. The molecule has 2 aromatic heterocycles. The Morgan fingerprint density at radius 1 is 1.24 bits per heavy atom. The highest BCUT2D eigenvalue weighted by Crippen LogP contribution is 2.14. The number of hydrogen-bond acceptors (Lipinski definition) is 4. The third kappa shape index (κ3) is 4.30. The van der Waals surface area contributed by atoms with Crippen molar-refractivity contribution in [2.24, 2.45) is 5.92 Å². The number of aromatic nitrogens is 5. The van der Waals surface area contributed by atoms with Gasteiger partial charge in [0.1, 0.15) is 24.2 Å². The lowest BCUT2D eigenvalue weighted by molar-refractivity contribution is 0.415. The minimum absolute atomic E-state index is 0.305. The van der Waals surface area contributed by atoms with Gasteiger partial charge in [0.2, 0.25) is 0 Å². The molecule has 0 fully saturated rings. The molecule has 2 heterocycles. The summed E-state index contributed by atoms with van der Waals surface area (Å²) in [5.41, 5.74) is 3.52. The van der Waals surface area contributed by atoms with Crippen LogP contribution in [0.5, 0.6) is 0 Å². The molecule has 25 heavy (non-hydrogen) atoms. The SMILES string of the molecule is Cc1cc(C)n(C[C@H](C)CNCc2ccc(-n3cncn3)c(F)c2)n1. The highest BCUT2D eigenvalue weighted by molar-refractivity contribution is 5.35. The van der Waals surface area contributed by atoms with Crippen LogP contribution in [0.4, 0.5) is 4.39 Å². The summed E-state index contributed by atoms with van der Waals surface area (Å²) in [4.78, 5) is 3.84. The Balaban J connectivity index is 1.52. The summed E-state index contributed by atoms with van der Waals surface area (Å²) in [6.07, 6.45) is 2.87. The standard InChI is InChI=1S/C18H23FN6/c1-13(10-24-15(3)6-14(2)23-24)8-20-9-16-4-5-18(17(19)7-16)25-12-21-11-22-25/h4-7,11-13,20H,8-10H2,1-3H3/t13-/m1/s1. The van der Waals surface area contributed by atoms with Crippen LogP contribution in [0, 0.1) is 25.6 Å². The third-order valence-electron chi connectivity index (χ3n) is 4.09. The Labute approximate surface area is 146 Å². The van der Waals surface area contributed by atoms with Crippen LogP contribution in [-0.4, -0.2) is 31.1 Å². The maximum Gasteiger partial charge on any atom is 0.149 e. The molecule has 132 valence electrons. The summed E-state index contributed by atoms with van der Waals surface area (Å²) >= 11 is 0. The molecule has 3 aromatic rings. The van der Waals surface area contributed by atoms with E-state index in [4.69, 9.17) is 0 Å². The molecule has 1 atom stereocenters. The van der Waals surface area contributed by atoms with Crippen molar-refractivity contribution >= 4 is 0 Å². The van der Waals surface area contributed by atoms with Crippen LogP contribution < -0.4 is 5.32 Å². The average molecular weight is 342 g/mol. The van der Waals surface area contributed by atoms with E-state index in [2.05, 4.69) is 40.4 Å². The van der Waals surface area contributed by atoms with Gasteiger partial charge in [-0.3, -0.25) is 4.68 Å². The van der Waals surface area contributed by atoms with Gasteiger partial charge in [0.05, 0.1) is 5.69 Å². The van der Waals surface area contributed by atoms with Crippen LogP contribution in [0.25, 0.3) is 5.69 Å². The van der Waals surface area contributed by atoms with E-state index in [1.165, 1.54) is 29.1 Å². The van der Waals surface area contributed by atoms with Gasteiger partial charge in [0.25, 0.3) is 0 Å². The van der Waals surface area contributed by atoms with Gasteiger partial charge in [0.15, 0.2) is 0 Å². The minimum Gasteiger partial charge on any atom is -0.312 e. The molecule has 0 aliphatic carbocycles. The van der Waals surface area contributed by atoms with Crippen LogP contribution in [0.3, 0.4) is 0 Å². The lowest BCUT2D eigenvalue weighted by Crippen LogP contribution is -2.24. The average Bonchev–Trinajstić information content (AvgIpc) is 3.18. The Kier molecular flexibility index (Phi) is 5.23. The van der Waals surface area contributed by atoms with E-state index in [1.807, 2.05) is 17.7 Å². The van der Waals surface area contributed by atoms with E-state index in [-0.39, 0.29) is 5.82 Å². The van der Waals surface area contributed by atoms with Gasteiger partial charge in [-0.15, -0.1) is 0 Å². The molecule has 0 bridgehead atoms. The van der Waals surface area contributed by atoms with Crippen molar-refractivity contribution in [1.29, 1.82) is 0 Å². The zero-order valence-corrected chi connectivity index (χ0v) is 14.8. The molecule has 1 N–H and O–H groups in total. The molecule has 0 aliphatic heterocycles. The van der Waals surface area contributed by atoms with Gasteiger partial charge in [-0.25, -0.2) is 14.1 Å². The van der Waals surface area contributed by atoms with Crippen molar-refractivity contribution in [3.05, 3.63) is 59.7 Å². The molecule has 0 saturated heterocycles. The van der Waals surface area contributed by atoms with E-state index in [0.29, 0.717) is 18.2 Å². The van der Waals surface area contributed by atoms with Crippen molar-refractivity contribution in [1.82, 2.24) is 29.9 Å². The second-order valence-corrected chi connectivity index (χ2v) is 6.47. The van der Waals surface area contributed by atoms with Crippen molar-refractivity contribution in [3.63, 3.8) is 0 Å². The summed E-state index contributed by atoms with van der Waals surface area (Å²) in [5, 5.41) is 11.8. The summed E-state index contributed by atoms with van der Waals surface area (Å²) in [5.74, 6) is 0.123. The second-order valence-electron chi connectivity index (χ2n) is 6.47. The molecule has 7 heteroatoms. The number of hydrogen-bond donors (Lipinski definition) is 1. The lowest BCUT2D eigenvalue weighted by Gasteiger charge is -2.14. The lowest BCUT2D eigenvalue weighted by atomic mass is 10.1. The molecular weight excluding hydrogens is 319 g/mol. The van der Waals surface area contributed by atoms with Crippen LogP contribution in [0.15, 0.2) is 36.9 Å². The number of benzene rings is 1. The van der Waals surface area contributed by atoms with Crippen LogP contribution in [0.1, 0.15) is 23.9 Å². The summed E-state index contributed by atoms with van der Waals surface area (Å²) < 4.78 is 17.7. The Morgan fingerprint density at radius 3 is 2.72 bits per heavy atom. The number of nitrogens with one attached hydrogen (secondary N) is 1. The Hall–Kier alpha value is -2.54. The van der Waals surface area contributed by atoms with Gasteiger partial charge in [0, 0.05) is 18.8 Å². The van der Waals surface area contributed by atoms with E-state index in [9.17, 15) is 4.39 Å². The first kappa shape index (κ1) is 17.3. The molecule has 6 nitrogen and oxygen atoms in total. The Morgan fingerprint density at radius 2 is 2.08 bits per heavy atom. The summed E-state index contributed by atoms with van der Waals surface area (Å²) in [7, 11) is 0. The molecule has 0 radical (unpaired) electrons.